The first-order valence-electron chi connectivity index (χ1n) is 6.54. The number of carbonyl (C=O) groups excluding carboxylic acids is 1. The molecule has 0 spiro atoms. The summed E-state index contributed by atoms with van der Waals surface area (Å²) in [6.07, 6.45) is 3.73. The molecule has 0 radical (unpaired) electrons. The highest BCUT2D eigenvalue weighted by atomic mass is 16.2. The average molecular weight is 247 g/mol. The SMILES string of the molecule is CC1CCC(CNC(=O)Nc2ccc(N)cc2)C1. The zero-order valence-electron chi connectivity index (χ0n) is 10.8. The molecule has 0 saturated heterocycles. The lowest BCUT2D eigenvalue weighted by molar-refractivity contribution is 0.250. The zero-order chi connectivity index (χ0) is 13.0. The van der Waals surface area contributed by atoms with E-state index in [-0.39, 0.29) is 6.03 Å². The summed E-state index contributed by atoms with van der Waals surface area (Å²) < 4.78 is 0. The third-order valence-electron chi connectivity index (χ3n) is 3.52. The molecule has 2 unspecified atom stereocenters. The molecule has 4 nitrogen and oxygen atoms in total. The Labute approximate surface area is 108 Å². The van der Waals surface area contributed by atoms with Crippen molar-refractivity contribution in [3.05, 3.63) is 24.3 Å². The second-order valence-corrected chi connectivity index (χ2v) is 5.24. The summed E-state index contributed by atoms with van der Waals surface area (Å²) >= 11 is 0. The summed E-state index contributed by atoms with van der Waals surface area (Å²) in [7, 11) is 0. The minimum atomic E-state index is -0.140. The van der Waals surface area contributed by atoms with Gasteiger partial charge in [0.25, 0.3) is 0 Å². The Bertz CT molecular complexity index is 402. The summed E-state index contributed by atoms with van der Waals surface area (Å²) in [5.74, 6) is 1.44. The van der Waals surface area contributed by atoms with Crippen LogP contribution in [0, 0.1) is 11.8 Å². The van der Waals surface area contributed by atoms with Gasteiger partial charge >= 0.3 is 6.03 Å². The van der Waals surface area contributed by atoms with Crippen LogP contribution in [0.25, 0.3) is 0 Å². The van der Waals surface area contributed by atoms with Gasteiger partial charge in [-0.05, 0) is 48.9 Å². The molecule has 2 rings (SSSR count). The largest absolute Gasteiger partial charge is 0.399 e. The Morgan fingerprint density at radius 3 is 2.67 bits per heavy atom. The van der Waals surface area contributed by atoms with Gasteiger partial charge in [0, 0.05) is 17.9 Å². The Morgan fingerprint density at radius 1 is 1.33 bits per heavy atom. The second-order valence-electron chi connectivity index (χ2n) is 5.24. The molecular formula is C14H21N3O. The van der Waals surface area contributed by atoms with Crippen molar-refractivity contribution in [1.82, 2.24) is 5.32 Å². The van der Waals surface area contributed by atoms with Crippen LogP contribution in [0.5, 0.6) is 0 Å². The highest BCUT2D eigenvalue weighted by molar-refractivity contribution is 5.89. The van der Waals surface area contributed by atoms with Crippen LogP contribution in [-0.4, -0.2) is 12.6 Å². The number of nitrogens with two attached hydrogens (primary N) is 1. The quantitative estimate of drug-likeness (QED) is 0.719. The number of amides is 2. The van der Waals surface area contributed by atoms with Crippen LogP contribution < -0.4 is 16.4 Å². The maximum Gasteiger partial charge on any atom is 0.319 e. The lowest BCUT2D eigenvalue weighted by Crippen LogP contribution is -2.32. The Kier molecular flexibility index (Phi) is 4.07. The number of carbonyl (C=O) groups is 1. The monoisotopic (exact) mass is 247 g/mol. The van der Waals surface area contributed by atoms with Crippen molar-refractivity contribution in [3.8, 4) is 0 Å². The summed E-state index contributed by atoms with van der Waals surface area (Å²) in [6, 6.07) is 7.00. The van der Waals surface area contributed by atoms with Gasteiger partial charge in [0.15, 0.2) is 0 Å². The van der Waals surface area contributed by atoms with E-state index in [4.69, 9.17) is 5.73 Å². The predicted molar refractivity (Wildman–Crippen MR) is 74.4 cm³/mol. The van der Waals surface area contributed by atoms with E-state index in [0.29, 0.717) is 11.6 Å². The van der Waals surface area contributed by atoms with Crippen LogP contribution in [0.15, 0.2) is 24.3 Å². The van der Waals surface area contributed by atoms with Crippen molar-refractivity contribution in [3.63, 3.8) is 0 Å². The van der Waals surface area contributed by atoms with Gasteiger partial charge in [-0.3, -0.25) is 0 Å². The highest BCUT2D eigenvalue weighted by Crippen LogP contribution is 2.29. The standard InChI is InChI=1S/C14H21N3O/c1-10-2-3-11(8-10)9-16-14(18)17-13-6-4-12(15)5-7-13/h4-7,10-11H,2-3,8-9,15H2,1H3,(H2,16,17,18). The minimum absolute atomic E-state index is 0.140. The predicted octanol–water partition coefficient (Wildman–Crippen LogP) is 2.83. The zero-order valence-corrected chi connectivity index (χ0v) is 10.8. The minimum Gasteiger partial charge on any atom is -0.399 e. The van der Waals surface area contributed by atoms with E-state index in [2.05, 4.69) is 17.6 Å². The number of benzene rings is 1. The van der Waals surface area contributed by atoms with Gasteiger partial charge in [-0.25, -0.2) is 4.79 Å². The lowest BCUT2D eigenvalue weighted by atomic mass is 10.1. The number of nitrogen functional groups attached to an aromatic ring is 1. The molecule has 98 valence electrons. The Morgan fingerprint density at radius 2 is 2.06 bits per heavy atom. The van der Waals surface area contributed by atoms with Crippen LogP contribution >= 0.6 is 0 Å². The molecule has 18 heavy (non-hydrogen) atoms. The van der Waals surface area contributed by atoms with Gasteiger partial charge in [0.05, 0.1) is 0 Å². The third kappa shape index (κ3) is 3.65. The van der Waals surface area contributed by atoms with Crippen LogP contribution in [0.3, 0.4) is 0 Å². The first-order chi connectivity index (χ1) is 8.63. The topological polar surface area (TPSA) is 67.2 Å². The molecule has 1 saturated carbocycles. The number of urea groups is 1. The van der Waals surface area contributed by atoms with Gasteiger partial charge in [-0.1, -0.05) is 13.3 Å². The lowest BCUT2D eigenvalue weighted by Gasteiger charge is -2.12. The smallest absolute Gasteiger partial charge is 0.319 e. The Hall–Kier alpha value is -1.71. The summed E-state index contributed by atoms with van der Waals surface area (Å²) in [4.78, 5) is 11.7. The number of hydrogen-bond donors (Lipinski definition) is 3. The molecule has 1 aliphatic rings. The summed E-state index contributed by atoms with van der Waals surface area (Å²) in [5.41, 5.74) is 7.04. The number of rotatable bonds is 3. The van der Waals surface area contributed by atoms with Crippen LogP contribution in [0.4, 0.5) is 16.2 Å². The fraction of sp³-hybridized carbons (Fsp3) is 0.500. The van der Waals surface area contributed by atoms with Gasteiger partial charge in [-0.2, -0.15) is 0 Å². The van der Waals surface area contributed by atoms with E-state index in [9.17, 15) is 4.79 Å². The highest BCUT2D eigenvalue weighted by Gasteiger charge is 2.21. The molecule has 0 bridgehead atoms. The fourth-order valence-corrected chi connectivity index (χ4v) is 2.49. The molecule has 0 aliphatic heterocycles. The van der Waals surface area contributed by atoms with E-state index in [1.54, 1.807) is 24.3 Å². The van der Waals surface area contributed by atoms with E-state index in [1.807, 2.05) is 0 Å². The van der Waals surface area contributed by atoms with Crippen LogP contribution in [0.1, 0.15) is 26.2 Å². The van der Waals surface area contributed by atoms with Crippen molar-refractivity contribution in [2.75, 3.05) is 17.6 Å². The van der Waals surface area contributed by atoms with Gasteiger partial charge in [-0.15, -0.1) is 0 Å². The van der Waals surface area contributed by atoms with Crippen LogP contribution in [-0.2, 0) is 0 Å². The molecule has 4 heteroatoms. The van der Waals surface area contributed by atoms with E-state index in [0.717, 1.165) is 18.2 Å². The fourth-order valence-electron chi connectivity index (χ4n) is 2.49. The Balaban J connectivity index is 1.73. The first kappa shape index (κ1) is 12.7. The van der Waals surface area contributed by atoms with Gasteiger partial charge < -0.3 is 16.4 Å². The summed E-state index contributed by atoms with van der Waals surface area (Å²) in [5, 5.41) is 5.73. The molecule has 0 aromatic heterocycles. The van der Waals surface area contributed by atoms with Crippen molar-refractivity contribution in [1.29, 1.82) is 0 Å². The van der Waals surface area contributed by atoms with Crippen LogP contribution in [0.2, 0.25) is 0 Å². The molecule has 2 atom stereocenters. The second kappa shape index (κ2) is 5.76. The maximum atomic E-state index is 11.7. The maximum absolute atomic E-state index is 11.7. The van der Waals surface area contributed by atoms with Gasteiger partial charge in [0.1, 0.15) is 0 Å². The molecule has 4 N–H and O–H groups in total. The van der Waals surface area contributed by atoms with Crippen molar-refractivity contribution < 1.29 is 4.79 Å². The van der Waals surface area contributed by atoms with Gasteiger partial charge in [0.2, 0.25) is 0 Å². The molecule has 1 aliphatic carbocycles. The molecule has 2 amide bonds. The van der Waals surface area contributed by atoms with Crippen molar-refractivity contribution >= 4 is 17.4 Å². The molecule has 1 aromatic rings. The molecular weight excluding hydrogens is 226 g/mol. The number of nitrogens with one attached hydrogen (secondary N) is 2. The van der Waals surface area contributed by atoms with Crippen molar-refractivity contribution in [2.24, 2.45) is 11.8 Å². The summed E-state index contributed by atoms with van der Waals surface area (Å²) in [6.45, 7) is 3.04. The van der Waals surface area contributed by atoms with E-state index >= 15 is 0 Å². The van der Waals surface area contributed by atoms with E-state index in [1.165, 1.54) is 19.3 Å². The third-order valence-corrected chi connectivity index (χ3v) is 3.52. The average Bonchev–Trinajstić information content (AvgIpc) is 2.76. The molecule has 1 aromatic carbocycles. The molecule has 0 heterocycles. The first-order valence-corrected chi connectivity index (χ1v) is 6.54. The number of anilines is 2. The molecule has 1 fully saturated rings. The normalized spacial score (nSPS) is 22.7. The van der Waals surface area contributed by atoms with Crippen molar-refractivity contribution in [2.45, 2.75) is 26.2 Å². The van der Waals surface area contributed by atoms with E-state index < -0.39 is 0 Å². The number of hydrogen-bond acceptors (Lipinski definition) is 2.